The molecule has 0 heterocycles. The van der Waals surface area contributed by atoms with Gasteiger partial charge < -0.3 is 61.4 Å². The highest BCUT2D eigenvalue weighted by Crippen LogP contribution is 2.51. The van der Waals surface area contributed by atoms with Crippen molar-refractivity contribution in [3.8, 4) is 5.75 Å². The zero-order valence-corrected chi connectivity index (χ0v) is 54.0. The first-order chi connectivity index (χ1) is 44.5. The van der Waals surface area contributed by atoms with Gasteiger partial charge in [-0.3, -0.25) is 69.3 Å². The molecule has 3 unspecified atom stereocenters. The van der Waals surface area contributed by atoms with Crippen LogP contribution in [-0.2, 0) is 61.0 Å². The molecule has 0 aromatic heterocycles. The number of hydrogen-bond acceptors (Lipinski definition) is 24. The number of carboxylic acids is 6. The Bertz CT molecular complexity index is 3620. The monoisotopic (exact) mass is 1530 g/mol. The molecule has 0 saturated carbocycles. The van der Waals surface area contributed by atoms with E-state index in [-0.39, 0.29) is 48.6 Å². The van der Waals surface area contributed by atoms with Crippen LogP contribution in [0.5, 0.6) is 5.75 Å². The molecule has 0 aliphatic heterocycles. The number of ether oxygens (including phenoxy) is 2. The number of esters is 1. The zero-order chi connectivity index (χ0) is 77.5. The summed E-state index contributed by atoms with van der Waals surface area (Å²) in [7, 11) is -8.14. The predicted molar refractivity (Wildman–Crippen MR) is 324 cm³/mol. The molecule has 38 nitrogen and oxygen atoms in total. The molecule has 47 heteroatoms. The number of hydrogen-bond donors (Lipinski definition) is 11. The summed E-state index contributed by atoms with van der Waals surface area (Å²) in [5.41, 5.74) is 4.58. The van der Waals surface area contributed by atoms with E-state index in [1.165, 1.54) is 85.2 Å². The van der Waals surface area contributed by atoms with Gasteiger partial charge in [-0.25, -0.2) is 28.4 Å². The lowest BCUT2D eigenvalue weighted by molar-refractivity contribution is -0.403. The molecule has 4 aromatic carbocycles. The van der Waals surface area contributed by atoms with E-state index in [2.05, 4.69) is 11.6 Å². The van der Waals surface area contributed by atoms with Crippen molar-refractivity contribution in [2.45, 2.75) is 106 Å². The Hall–Kier alpha value is -9.63. The molecule has 97 heavy (non-hydrogen) atoms. The maximum Gasteiger partial charge on any atom is 0.393 e. The van der Waals surface area contributed by atoms with Crippen molar-refractivity contribution in [3.05, 3.63) is 152 Å². The fraction of sp³-hybridized carbons (Fsp3) is 0.380. The second kappa shape index (κ2) is 40.0. The average Bonchev–Trinajstić information content (AvgIpc) is 0.780. The summed E-state index contributed by atoms with van der Waals surface area (Å²) in [6.07, 6.45) is 1.83. The molecule has 0 radical (unpaired) electrons. The third kappa shape index (κ3) is 34.1. The number of non-ortho nitro benzene ring substituents is 2. The first-order valence-corrected chi connectivity index (χ1v) is 29.9. The number of carbonyl (C=O) groups excluding carboxylic acids is 1. The van der Waals surface area contributed by atoms with Crippen molar-refractivity contribution in [1.82, 2.24) is 0 Å². The van der Waals surface area contributed by atoms with Gasteiger partial charge in [0.05, 0.1) is 47.8 Å². The number of rotatable bonds is 25. The topological polar surface area (TPSA) is 639 Å². The van der Waals surface area contributed by atoms with Gasteiger partial charge in [0.25, 0.3) is 32.9 Å². The number of nitrogens with zero attached hydrogens (tertiary/aromatic N) is 5. The highest BCUT2D eigenvalue weighted by Gasteiger charge is 2.72. The highest BCUT2D eigenvalue weighted by molar-refractivity contribution is 9.10. The third-order valence-electron chi connectivity index (χ3n) is 10.7. The fourth-order valence-electron chi connectivity index (χ4n) is 5.67. The number of aliphatic carboxylic acids is 5. The van der Waals surface area contributed by atoms with E-state index in [1.54, 1.807) is 24.3 Å². The summed E-state index contributed by atoms with van der Waals surface area (Å²) in [6, 6.07) is 17.6. The Balaban J connectivity index is -0.00000108. The van der Waals surface area contributed by atoms with Gasteiger partial charge in [-0.1, -0.05) is 50.2 Å². The first-order valence-electron chi connectivity index (χ1n) is 26.2. The number of benzene rings is 4. The minimum atomic E-state index is -5.34. The zero-order valence-electron chi connectivity index (χ0n) is 50.9. The second-order valence-electron chi connectivity index (χ2n) is 18.8. The summed E-state index contributed by atoms with van der Waals surface area (Å²) in [6.45, 7) is 5.78. The Labute approximate surface area is 555 Å². The second-order valence-corrected chi connectivity index (χ2v) is 23.6. The Kier molecular flexibility index (Phi) is 36.9. The van der Waals surface area contributed by atoms with Crippen molar-refractivity contribution in [3.63, 3.8) is 0 Å². The summed E-state index contributed by atoms with van der Waals surface area (Å²) in [5, 5.41) is 97.5. The third-order valence-corrected chi connectivity index (χ3v) is 13.9. The smallest absolute Gasteiger partial charge is 0.393 e. The molecule has 0 aliphatic rings. The lowest BCUT2D eigenvalue weighted by Crippen LogP contribution is -2.56. The molecule has 4 rings (SSSR count). The molecule has 0 bridgehead atoms. The number of carboxylic acid groups (broad SMARTS) is 6. The van der Waals surface area contributed by atoms with Crippen LogP contribution < -0.4 is 21.5 Å². The lowest BCUT2D eigenvalue weighted by atomic mass is 9.98. The average molecular weight is 1530 g/mol. The number of halogens is 7. The molecule has 0 saturated heterocycles. The van der Waals surface area contributed by atoms with Crippen molar-refractivity contribution in [1.29, 1.82) is 0 Å². The number of para-hydroxylation sites is 2. The first kappa shape index (κ1) is 89.4. The van der Waals surface area contributed by atoms with E-state index in [1.807, 2.05) is 6.92 Å². The van der Waals surface area contributed by atoms with Crippen LogP contribution in [0.25, 0.3) is 0 Å². The number of carbonyl (C=O) groups is 7. The maximum atomic E-state index is 12.5. The molecule has 0 fully saturated rings. The predicted octanol–water partition coefficient (Wildman–Crippen LogP) is 7.02. The Morgan fingerprint density at radius 1 is 0.711 bits per heavy atom. The van der Waals surface area contributed by atoms with Crippen LogP contribution >= 0.6 is 35.1 Å². The minimum absolute atomic E-state index is 0.0418. The van der Waals surface area contributed by atoms with Crippen LogP contribution in [0.4, 0.5) is 50.4 Å². The van der Waals surface area contributed by atoms with Gasteiger partial charge in [0.2, 0.25) is 11.1 Å². The largest absolute Gasteiger partial charge is 0.481 e. The van der Waals surface area contributed by atoms with Crippen LogP contribution in [0.15, 0.2) is 84.9 Å². The van der Waals surface area contributed by atoms with Crippen molar-refractivity contribution >= 4 is 121 Å². The van der Waals surface area contributed by atoms with Gasteiger partial charge in [0.1, 0.15) is 11.6 Å². The Morgan fingerprint density at radius 3 is 1.48 bits per heavy atom. The summed E-state index contributed by atoms with van der Waals surface area (Å²) in [5.74, 6) is -16.7. The van der Waals surface area contributed by atoms with Crippen LogP contribution in [0.2, 0.25) is 0 Å². The lowest BCUT2D eigenvalue weighted by Gasteiger charge is -2.27. The van der Waals surface area contributed by atoms with Crippen molar-refractivity contribution in [2.24, 2.45) is 11.5 Å². The van der Waals surface area contributed by atoms with E-state index < -0.39 is 152 Å². The number of aryl methyl sites for hydroxylation is 2. The standard InChI is InChI=1S/C10H11NO4.C9H17NO4.C8H7NO5.C8H11O3P.C7H3N3O8.C4HBrClF5O2.C4H9NO5S/c12-10(13)3-1-2-8-4-6-9(7-5-8)11(14)15;1-5-9(10,6(11)12)7(13)14-8(2,3)4;10-8(11)5-14-7-4-2-1-3-6(7)9(12)13;1-2-7-3-5-8(6-4-7)12(9,10)11;11-7(12)6-4(9(15)16)1-3(8(13)14)2-5(6)10(17)18;5-3(9,4(6,10)11)2(7,8)1(12)13;5-3(4(6)7)1-2-11(8,9)10/h4-7H,1-3H2,(H,12,13);5,10H2,1-4H3,(H,11,12);1-4H,5H2,(H,10,11);3-6H,2H2,1H3,(H2,9,10,11);1-2H,(H,11,12);(H,12,13);3H,1-2,5H2,(H,6,7)(H,8,9,10)/i;2D;;;;;. The summed E-state index contributed by atoms with van der Waals surface area (Å²) < 4.78 is 112. The normalized spacial score (nSPS) is 12.6. The molecule has 0 spiro atoms. The molecule has 4 aromatic rings. The van der Waals surface area contributed by atoms with E-state index in [0.29, 0.717) is 25.0 Å². The number of nitrogens with two attached hydrogens (primary N) is 2. The van der Waals surface area contributed by atoms with Crippen molar-refractivity contribution in [2.75, 3.05) is 12.4 Å². The van der Waals surface area contributed by atoms with Gasteiger partial charge in [-0.15, -0.1) is 0 Å². The van der Waals surface area contributed by atoms with Gasteiger partial charge >= 0.3 is 71.0 Å². The molecule has 540 valence electrons. The van der Waals surface area contributed by atoms with Crippen LogP contribution in [-0.4, -0.2) is 165 Å². The molecule has 0 aliphatic carbocycles. The highest BCUT2D eigenvalue weighted by atomic mass is 79.9. The van der Waals surface area contributed by atoms with Crippen LogP contribution in [0.3, 0.4) is 0 Å². The molecule has 3 atom stereocenters. The minimum Gasteiger partial charge on any atom is -0.481 e. The van der Waals surface area contributed by atoms with Crippen LogP contribution in [0.1, 0.15) is 83.1 Å². The number of nitro benzene ring substituents is 5. The fourth-order valence-corrected chi connectivity index (χ4v) is 7.05. The van der Waals surface area contributed by atoms with Crippen molar-refractivity contribution < 1.29 is 149 Å². The number of nitro groups is 5. The molecular weight excluding hydrogens is 1470 g/mol. The van der Waals surface area contributed by atoms with Crippen LogP contribution in [0, 0.1) is 50.6 Å². The number of aromatic carboxylic acids is 1. The van der Waals surface area contributed by atoms with Gasteiger partial charge in [0, 0.05) is 26.0 Å². The van der Waals surface area contributed by atoms with Gasteiger partial charge in [-0.05, 0) is 110 Å². The van der Waals surface area contributed by atoms with E-state index >= 15 is 0 Å². The molecule has 13 N–H and O–H groups in total. The van der Waals surface area contributed by atoms with Gasteiger partial charge in [0.15, 0.2) is 12.4 Å². The van der Waals surface area contributed by atoms with E-state index in [0.717, 1.165) is 17.5 Å². The van der Waals surface area contributed by atoms with E-state index in [9.17, 15) is 119 Å². The maximum absolute atomic E-state index is 12.5. The molecular formula is C50H59BrClF5N7O31PS. The van der Waals surface area contributed by atoms with Gasteiger partial charge in [-0.2, -0.15) is 26.0 Å². The van der Waals surface area contributed by atoms with E-state index in [4.69, 9.17) is 67.3 Å². The Morgan fingerprint density at radius 2 is 1.16 bits per heavy atom. The molecule has 0 amide bonds. The summed E-state index contributed by atoms with van der Waals surface area (Å²) >= 11 is 5.20. The quantitative estimate of drug-likeness (QED) is 0.00464. The SMILES string of the molecule is CCc1ccc(P(=O)(O)O)cc1.NC(CCS(=O)(=O)O)C(=O)O.O=C(O)C(F)(F)C(F)(Br)C(F)(F)Cl.O=C(O)CCCc1ccc([N+](=O)[O-])cc1.O=C(O)COc1ccccc1[N+](=O)[O-].O=C(O)c1c([N+](=O)[O-])cc([N+](=O)[O-])cc1[N+](=O)[O-].[2H]CC(C)(C)OC(=O)C(N)(CC)C(=O)O. The summed E-state index contributed by atoms with van der Waals surface area (Å²) in [4.78, 5) is 138. The number of alkyl halides is 7.